The van der Waals surface area contributed by atoms with Gasteiger partial charge < -0.3 is 15.6 Å². The summed E-state index contributed by atoms with van der Waals surface area (Å²) in [7, 11) is 0. The predicted octanol–water partition coefficient (Wildman–Crippen LogP) is 3.68. The molecule has 0 fully saturated rings. The molecule has 1 aromatic heterocycles. The molecule has 0 bridgehead atoms. The van der Waals surface area contributed by atoms with Gasteiger partial charge in [0.05, 0.1) is 10.7 Å². The van der Waals surface area contributed by atoms with Gasteiger partial charge in [-0.15, -0.1) is 0 Å². The maximum atomic E-state index is 11.3. The van der Waals surface area contributed by atoms with Crippen molar-refractivity contribution < 1.29 is 14.6 Å². The van der Waals surface area contributed by atoms with Gasteiger partial charge in [0.25, 0.3) is 0 Å². The van der Waals surface area contributed by atoms with Crippen LogP contribution in [0.3, 0.4) is 0 Å². The molecule has 0 atom stereocenters. The first-order chi connectivity index (χ1) is 9.92. The fraction of sp³-hybridized carbons (Fsp3) is 0.200. The van der Waals surface area contributed by atoms with Crippen LogP contribution in [0.1, 0.15) is 28.7 Å². The molecule has 0 radical (unpaired) electrons. The van der Waals surface area contributed by atoms with Crippen LogP contribution in [-0.2, 0) is 6.42 Å². The van der Waals surface area contributed by atoms with E-state index in [1.54, 1.807) is 12.1 Å². The molecule has 110 valence electrons. The number of carboxylic acids is 1. The van der Waals surface area contributed by atoms with Crippen molar-refractivity contribution in [2.45, 2.75) is 20.3 Å². The number of rotatable bonds is 4. The lowest BCUT2D eigenvalue weighted by Gasteiger charge is -2.14. The van der Waals surface area contributed by atoms with Crippen molar-refractivity contribution >= 4 is 23.3 Å². The Balaban J connectivity index is 2.51. The van der Waals surface area contributed by atoms with Gasteiger partial charge in [0.1, 0.15) is 11.3 Å². The molecule has 0 amide bonds. The van der Waals surface area contributed by atoms with E-state index in [1.165, 1.54) is 12.1 Å². The number of benzene rings is 1. The highest BCUT2D eigenvalue weighted by molar-refractivity contribution is 6.33. The predicted molar refractivity (Wildman–Crippen MR) is 81.2 cm³/mol. The molecule has 2 rings (SSSR count). The van der Waals surface area contributed by atoms with Crippen LogP contribution in [-0.4, -0.2) is 16.1 Å². The Labute approximate surface area is 127 Å². The molecule has 21 heavy (non-hydrogen) atoms. The number of nitrogens with zero attached hydrogens (tertiary/aromatic N) is 1. The number of aromatic carboxylic acids is 1. The topological polar surface area (TPSA) is 85.4 Å². The van der Waals surface area contributed by atoms with E-state index < -0.39 is 5.97 Å². The van der Waals surface area contributed by atoms with Crippen molar-refractivity contribution in [2.75, 3.05) is 5.73 Å². The number of anilines is 1. The smallest absolute Gasteiger partial charge is 0.339 e. The maximum absolute atomic E-state index is 11.3. The van der Waals surface area contributed by atoms with Gasteiger partial charge >= 0.3 is 5.97 Å². The largest absolute Gasteiger partial charge is 0.478 e. The number of nitrogen functional groups attached to an aromatic ring is 1. The average Bonchev–Trinajstić information content (AvgIpc) is 2.42. The molecule has 0 spiro atoms. The Bertz CT molecular complexity index is 702. The number of halogens is 1. The molecule has 6 heteroatoms. The summed E-state index contributed by atoms with van der Waals surface area (Å²) in [4.78, 5) is 15.7. The van der Waals surface area contributed by atoms with Gasteiger partial charge in [0, 0.05) is 11.4 Å². The normalized spacial score (nSPS) is 10.4. The Morgan fingerprint density at radius 2 is 2.14 bits per heavy atom. The second-order valence-electron chi connectivity index (χ2n) is 4.54. The van der Waals surface area contributed by atoms with Crippen LogP contribution in [0, 0.1) is 6.92 Å². The number of hydrogen-bond donors (Lipinski definition) is 2. The van der Waals surface area contributed by atoms with E-state index in [4.69, 9.17) is 22.1 Å². The highest BCUT2D eigenvalue weighted by Crippen LogP contribution is 2.36. The number of hydrogen-bond acceptors (Lipinski definition) is 4. The fourth-order valence-corrected chi connectivity index (χ4v) is 2.20. The van der Waals surface area contributed by atoms with E-state index in [9.17, 15) is 9.90 Å². The number of carbonyl (C=O) groups is 1. The number of aryl methyl sites for hydroxylation is 2. The third-order valence-corrected chi connectivity index (χ3v) is 3.20. The Morgan fingerprint density at radius 3 is 2.76 bits per heavy atom. The Kier molecular flexibility index (Phi) is 4.33. The van der Waals surface area contributed by atoms with Crippen molar-refractivity contribution in [2.24, 2.45) is 0 Å². The minimum absolute atomic E-state index is 0.0683. The second kappa shape index (κ2) is 6.01. The van der Waals surface area contributed by atoms with Crippen LogP contribution in [0.5, 0.6) is 11.5 Å². The summed E-state index contributed by atoms with van der Waals surface area (Å²) in [5.41, 5.74) is 7.40. The van der Waals surface area contributed by atoms with Crippen LogP contribution < -0.4 is 10.5 Å². The first kappa shape index (κ1) is 15.1. The molecule has 5 nitrogen and oxygen atoms in total. The average molecular weight is 307 g/mol. The van der Waals surface area contributed by atoms with Crippen molar-refractivity contribution in [3.8, 4) is 11.5 Å². The van der Waals surface area contributed by atoms with Crippen LogP contribution in [0.25, 0.3) is 0 Å². The molecule has 0 saturated heterocycles. The summed E-state index contributed by atoms with van der Waals surface area (Å²) in [5, 5.41) is 9.40. The minimum Gasteiger partial charge on any atom is -0.478 e. The summed E-state index contributed by atoms with van der Waals surface area (Å²) in [5.74, 6) is -0.603. The van der Waals surface area contributed by atoms with Gasteiger partial charge in [-0.05, 0) is 37.6 Å². The van der Waals surface area contributed by atoms with Gasteiger partial charge in [-0.3, -0.25) is 4.98 Å². The fourth-order valence-electron chi connectivity index (χ4n) is 1.93. The molecule has 0 saturated carbocycles. The molecule has 0 aliphatic carbocycles. The molecular weight excluding hydrogens is 292 g/mol. The summed E-state index contributed by atoms with van der Waals surface area (Å²) in [6, 6.07) is 6.31. The quantitative estimate of drug-likeness (QED) is 0.842. The van der Waals surface area contributed by atoms with E-state index >= 15 is 0 Å². The van der Waals surface area contributed by atoms with Crippen LogP contribution in [0.15, 0.2) is 24.3 Å². The van der Waals surface area contributed by atoms with E-state index in [2.05, 4.69) is 4.98 Å². The van der Waals surface area contributed by atoms with E-state index in [0.717, 1.165) is 11.4 Å². The van der Waals surface area contributed by atoms with Crippen molar-refractivity contribution in [3.05, 3.63) is 46.2 Å². The zero-order chi connectivity index (χ0) is 15.6. The second-order valence-corrected chi connectivity index (χ2v) is 4.94. The van der Waals surface area contributed by atoms with Crippen molar-refractivity contribution in [3.63, 3.8) is 0 Å². The summed E-state index contributed by atoms with van der Waals surface area (Å²) in [6.45, 7) is 3.82. The highest BCUT2D eigenvalue weighted by atomic mass is 35.5. The molecule has 3 N–H and O–H groups in total. The lowest BCUT2D eigenvalue weighted by atomic mass is 10.1. The van der Waals surface area contributed by atoms with E-state index in [-0.39, 0.29) is 22.0 Å². The lowest BCUT2D eigenvalue weighted by Crippen LogP contribution is -2.04. The number of ether oxygens (including phenoxy) is 1. The standard InChI is InChI=1S/C15H15ClN2O3/c1-3-12-13(5-4-8(2)18-12)21-14-10(15(19)20)6-9(17)7-11(14)16/h4-7H,3,17H2,1-2H3,(H,19,20). The number of pyridine rings is 1. The van der Waals surface area contributed by atoms with Crippen LogP contribution in [0.4, 0.5) is 5.69 Å². The van der Waals surface area contributed by atoms with E-state index in [0.29, 0.717) is 12.2 Å². The Hall–Kier alpha value is -2.27. The maximum Gasteiger partial charge on any atom is 0.339 e. The van der Waals surface area contributed by atoms with Crippen molar-refractivity contribution in [1.29, 1.82) is 0 Å². The molecule has 2 aromatic rings. The molecule has 0 unspecified atom stereocenters. The number of carboxylic acid groups (broad SMARTS) is 1. The van der Waals surface area contributed by atoms with Gasteiger partial charge in [-0.2, -0.15) is 0 Å². The highest BCUT2D eigenvalue weighted by Gasteiger charge is 2.18. The van der Waals surface area contributed by atoms with Gasteiger partial charge in [-0.25, -0.2) is 4.79 Å². The SMILES string of the molecule is CCc1nc(C)ccc1Oc1c(Cl)cc(N)cc1C(=O)O. The van der Waals surface area contributed by atoms with Crippen molar-refractivity contribution in [1.82, 2.24) is 4.98 Å². The third-order valence-electron chi connectivity index (χ3n) is 2.91. The zero-order valence-corrected chi connectivity index (χ0v) is 12.4. The first-order valence-corrected chi connectivity index (χ1v) is 6.76. The lowest BCUT2D eigenvalue weighted by molar-refractivity contribution is 0.0694. The molecule has 0 aliphatic rings. The van der Waals surface area contributed by atoms with Crippen LogP contribution in [0.2, 0.25) is 5.02 Å². The van der Waals surface area contributed by atoms with Gasteiger partial charge in [-0.1, -0.05) is 18.5 Å². The van der Waals surface area contributed by atoms with Gasteiger partial charge in [0.15, 0.2) is 5.75 Å². The minimum atomic E-state index is -1.16. The monoisotopic (exact) mass is 306 g/mol. The third kappa shape index (κ3) is 3.25. The number of aromatic nitrogens is 1. The summed E-state index contributed by atoms with van der Waals surface area (Å²) >= 11 is 6.07. The van der Waals surface area contributed by atoms with Gasteiger partial charge in [0.2, 0.25) is 0 Å². The zero-order valence-electron chi connectivity index (χ0n) is 11.7. The van der Waals surface area contributed by atoms with E-state index in [1.807, 2.05) is 13.8 Å². The summed E-state index contributed by atoms with van der Waals surface area (Å²) in [6.07, 6.45) is 0.659. The van der Waals surface area contributed by atoms with Crippen LogP contribution >= 0.6 is 11.6 Å². The molecular formula is C15H15ClN2O3. The first-order valence-electron chi connectivity index (χ1n) is 6.39. The Morgan fingerprint density at radius 1 is 1.43 bits per heavy atom. The summed E-state index contributed by atoms with van der Waals surface area (Å²) < 4.78 is 5.70. The molecule has 1 heterocycles. The molecule has 1 aromatic carbocycles. The molecule has 0 aliphatic heterocycles. The number of nitrogens with two attached hydrogens (primary N) is 1.